The van der Waals surface area contributed by atoms with Gasteiger partial charge in [0.1, 0.15) is 18.0 Å². The number of amides is 1. The summed E-state index contributed by atoms with van der Waals surface area (Å²) >= 11 is 5.90. The Bertz CT molecular complexity index is 831. The van der Waals surface area contributed by atoms with E-state index in [0.29, 0.717) is 36.2 Å². The van der Waals surface area contributed by atoms with Gasteiger partial charge in [-0.05, 0) is 30.3 Å². The van der Waals surface area contributed by atoms with Crippen LogP contribution in [0.4, 0.5) is 11.4 Å². The average Bonchev–Trinajstić information content (AvgIpc) is 2.67. The average molecular weight is 408 g/mol. The second kappa shape index (κ2) is 10.5. The molecule has 0 aliphatic carbocycles. The number of rotatable bonds is 10. The van der Waals surface area contributed by atoms with Crippen molar-refractivity contribution in [2.75, 3.05) is 45.8 Å². The van der Waals surface area contributed by atoms with Crippen molar-refractivity contribution in [2.45, 2.75) is 0 Å². The smallest absolute Gasteiger partial charge is 0.293 e. The number of carbonyl (C=O) groups excluding carboxylic acids is 1. The van der Waals surface area contributed by atoms with Gasteiger partial charge >= 0.3 is 0 Å². The normalized spacial score (nSPS) is 10.4. The van der Waals surface area contributed by atoms with E-state index in [9.17, 15) is 14.9 Å². The van der Waals surface area contributed by atoms with E-state index in [1.807, 2.05) is 0 Å². The van der Waals surface area contributed by atoms with Crippen LogP contribution in [0, 0.1) is 10.1 Å². The van der Waals surface area contributed by atoms with Gasteiger partial charge in [0.15, 0.2) is 0 Å². The first-order valence-electron chi connectivity index (χ1n) is 8.57. The van der Waals surface area contributed by atoms with Crippen LogP contribution in [0.15, 0.2) is 42.5 Å². The van der Waals surface area contributed by atoms with Gasteiger partial charge in [0.2, 0.25) is 0 Å². The molecule has 0 aliphatic rings. The van der Waals surface area contributed by atoms with Crippen LogP contribution in [-0.2, 0) is 4.74 Å². The summed E-state index contributed by atoms with van der Waals surface area (Å²) in [5.74, 6) is 0.275. The number of likely N-dealkylation sites (N-methyl/N-ethyl adjacent to an activating group) is 1. The third-order valence-electron chi connectivity index (χ3n) is 3.90. The number of carbonyl (C=O) groups is 1. The molecule has 0 fully saturated rings. The number of nitrogens with one attached hydrogen (secondary N) is 1. The van der Waals surface area contributed by atoms with Crippen molar-refractivity contribution in [3.8, 4) is 5.75 Å². The van der Waals surface area contributed by atoms with E-state index < -0.39 is 4.92 Å². The van der Waals surface area contributed by atoms with Gasteiger partial charge < -0.3 is 19.7 Å². The largest absolute Gasteiger partial charge is 0.492 e. The fourth-order valence-electron chi connectivity index (χ4n) is 2.43. The molecule has 0 saturated heterocycles. The van der Waals surface area contributed by atoms with Crippen LogP contribution in [0.3, 0.4) is 0 Å². The van der Waals surface area contributed by atoms with Crippen molar-refractivity contribution in [3.05, 3.63) is 63.2 Å². The molecule has 0 spiro atoms. The first kappa shape index (κ1) is 21.5. The summed E-state index contributed by atoms with van der Waals surface area (Å²) in [6.45, 7) is 1.41. The van der Waals surface area contributed by atoms with Gasteiger partial charge in [-0.1, -0.05) is 17.7 Å². The maximum absolute atomic E-state index is 12.6. The maximum Gasteiger partial charge on any atom is 0.293 e. The van der Waals surface area contributed by atoms with Crippen LogP contribution in [-0.4, -0.2) is 56.2 Å². The van der Waals surface area contributed by atoms with Gasteiger partial charge in [-0.2, -0.15) is 0 Å². The van der Waals surface area contributed by atoms with Gasteiger partial charge in [0, 0.05) is 37.4 Å². The lowest BCUT2D eigenvalue weighted by molar-refractivity contribution is -0.384. The Kier molecular flexibility index (Phi) is 8.03. The molecule has 2 aromatic rings. The topological polar surface area (TPSA) is 93.9 Å². The molecule has 0 bridgehead atoms. The number of ether oxygens (including phenoxy) is 2. The molecule has 28 heavy (non-hydrogen) atoms. The Morgan fingerprint density at radius 3 is 2.71 bits per heavy atom. The van der Waals surface area contributed by atoms with E-state index in [-0.39, 0.29) is 23.8 Å². The predicted octanol–water partition coefficient (Wildman–Crippen LogP) is 3.46. The predicted molar refractivity (Wildman–Crippen MR) is 107 cm³/mol. The molecule has 0 aromatic heterocycles. The minimum absolute atomic E-state index is 0.162. The zero-order chi connectivity index (χ0) is 20.5. The lowest BCUT2D eigenvalue weighted by Gasteiger charge is -2.18. The Morgan fingerprint density at radius 2 is 2.04 bits per heavy atom. The molecule has 9 heteroatoms. The second-order valence-corrected chi connectivity index (χ2v) is 6.38. The SMILES string of the molecule is COCCNc1ccc(C(=O)N(C)CCOc2cccc(Cl)c2)cc1[N+](=O)[O-]. The van der Waals surface area contributed by atoms with Gasteiger partial charge in [-0.25, -0.2) is 0 Å². The standard InChI is InChI=1S/C19H22ClN3O5/c1-22(9-11-28-16-5-3-4-15(20)13-16)19(24)14-6-7-17(21-8-10-27-2)18(12-14)23(25)26/h3-7,12-13,21H,8-11H2,1-2H3. The highest BCUT2D eigenvalue weighted by atomic mass is 35.5. The number of methoxy groups -OCH3 is 1. The van der Waals surface area contributed by atoms with Crippen molar-refractivity contribution >= 4 is 28.9 Å². The van der Waals surface area contributed by atoms with E-state index in [2.05, 4.69) is 5.32 Å². The molecule has 0 unspecified atom stereocenters. The van der Waals surface area contributed by atoms with Crippen molar-refractivity contribution in [3.63, 3.8) is 0 Å². The van der Waals surface area contributed by atoms with Crippen LogP contribution in [0.1, 0.15) is 10.4 Å². The van der Waals surface area contributed by atoms with Crippen LogP contribution < -0.4 is 10.1 Å². The van der Waals surface area contributed by atoms with Crippen LogP contribution >= 0.6 is 11.6 Å². The zero-order valence-electron chi connectivity index (χ0n) is 15.7. The zero-order valence-corrected chi connectivity index (χ0v) is 16.4. The number of hydrogen-bond acceptors (Lipinski definition) is 6. The summed E-state index contributed by atoms with van der Waals surface area (Å²) in [6.07, 6.45) is 0. The number of benzene rings is 2. The monoisotopic (exact) mass is 407 g/mol. The van der Waals surface area contributed by atoms with Crippen LogP contribution in [0.25, 0.3) is 0 Å². The summed E-state index contributed by atoms with van der Waals surface area (Å²) < 4.78 is 10.5. The number of nitro benzene ring substituents is 1. The van der Waals surface area contributed by atoms with Gasteiger partial charge in [0.05, 0.1) is 18.1 Å². The second-order valence-electron chi connectivity index (χ2n) is 5.94. The molecular weight excluding hydrogens is 386 g/mol. The number of nitro groups is 1. The molecule has 2 rings (SSSR count). The Morgan fingerprint density at radius 1 is 1.25 bits per heavy atom. The van der Waals surface area contributed by atoms with Crippen LogP contribution in [0.2, 0.25) is 5.02 Å². The molecule has 0 atom stereocenters. The van der Waals surface area contributed by atoms with Crippen molar-refractivity contribution in [1.29, 1.82) is 0 Å². The van der Waals surface area contributed by atoms with Crippen molar-refractivity contribution < 1.29 is 19.2 Å². The van der Waals surface area contributed by atoms with Gasteiger partial charge in [-0.15, -0.1) is 0 Å². The summed E-state index contributed by atoms with van der Waals surface area (Å²) in [5, 5.41) is 14.8. The third-order valence-corrected chi connectivity index (χ3v) is 4.14. The first-order chi connectivity index (χ1) is 13.4. The summed E-state index contributed by atoms with van der Waals surface area (Å²) in [7, 11) is 3.16. The van der Waals surface area contributed by atoms with Crippen molar-refractivity contribution in [1.82, 2.24) is 4.90 Å². The fraction of sp³-hybridized carbons (Fsp3) is 0.316. The first-order valence-corrected chi connectivity index (χ1v) is 8.95. The summed E-state index contributed by atoms with van der Waals surface area (Å²) in [6, 6.07) is 11.3. The maximum atomic E-state index is 12.6. The Balaban J connectivity index is 1.99. The van der Waals surface area contributed by atoms with Gasteiger partial charge in [-0.3, -0.25) is 14.9 Å². The minimum atomic E-state index is -0.520. The Hall–Kier alpha value is -2.84. The molecule has 1 amide bonds. The van der Waals surface area contributed by atoms with E-state index in [4.69, 9.17) is 21.1 Å². The molecule has 2 aromatic carbocycles. The molecule has 0 heterocycles. The van der Waals surface area contributed by atoms with E-state index in [0.717, 1.165) is 0 Å². The molecule has 0 saturated carbocycles. The minimum Gasteiger partial charge on any atom is -0.492 e. The molecule has 0 radical (unpaired) electrons. The van der Waals surface area contributed by atoms with Gasteiger partial charge in [0.25, 0.3) is 11.6 Å². The summed E-state index contributed by atoms with van der Waals surface area (Å²) in [5.41, 5.74) is 0.408. The van der Waals surface area contributed by atoms with E-state index in [1.165, 1.54) is 17.0 Å². The molecule has 150 valence electrons. The highest BCUT2D eigenvalue weighted by Gasteiger charge is 2.19. The van der Waals surface area contributed by atoms with Crippen LogP contribution in [0.5, 0.6) is 5.75 Å². The Labute approximate surface area is 168 Å². The molecular formula is C19H22ClN3O5. The number of hydrogen-bond donors (Lipinski definition) is 1. The molecule has 1 N–H and O–H groups in total. The third kappa shape index (κ3) is 6.11. The number of halogens is 1. The lowest BCUT2D eigenvalue weighted by Crippen LogP contribution is -2.31. The van der Waals surface area contributed by atoms with E-state index >= 15 is 0 Å². The quantitative estimate of drug-likeness (QED) is 0.368. The molecule has 8 nitrogen and oxygen atoms in total. The number of anilines is 1. The highest BCUT2D eigenvalue weighted by molar-refractivity contribution is 6.30. The fourth-order valence-corrected chi connectivity index (χ4v) is 2.61. The van der Waals surface area contributed by atoms with Crippen molar-refractivity contribution in [2.24, 2.45) is 0 Å². The lowest BCUT2D eigenvalue weighted by atomic mass is 10.1. The highest BCUT2D eigenvalue weighted by Crippen LogP contribution is 2.26. The number of nitrogens with zero attached hydrogens (tertiary/aromatic N) is 2. The van der Waals surface area contributed by atoms with E-state index in [1.54, 1.807) is 44.5 Å². The molecule has 0 aliphatic heterocycles. The summed E-state index contributed by atoms with van der Waals surface area (Å²) in [4.78, 5) is 24.8.